The average molecular weight is 280 g/mol. The van der Waals surface area contributed by atoms with Crippen molar-refractivity contribution < 1.29 is 9.53 Å². The summed E-state index contributed by atoms with van der Waals surface area (Å²) in [7, 11) is 1.66. The highest BCUT2D eigenvalue weighted by Crippen LogP contribution is 2.03. The summed E-state index contributed by atoms with van der Waals surface area (Å²) in [4.78, 5) is 13.6. The van der Waals surface area contributed by atoms with Crippen LogP contribution in [0.1, 0.15) is 32.6 Å². The van der Waals surface area contributed by atoms with Gasteiger partial charge in [0.1, 0.15) is 0 Å². The van der Waals surface area contributed by atoms with Crippen LogP contribution in [0.5, 0.6) is 0 Å². The zero-order valence-corrected chi connectivity index (χ0v) is 11.4. The number of carbonyl (C=O) groups excluding carboxylic acids is 1. The summed E-state index contributed by atoms with van der Waals surface area (Å²) in [5.41, 5.74) is 0. The lowest BCUT2D eigenvalue weighted by atomic mass is 10.2. The van der Waals surface area contributed by atoms with Gasteiger partial charge in [-0.1, -0.05) is 35.7 Å². The number of methoxy groups -OCH3 is 1. The Labute approximate surface area is 101 Å². The highest BCUT2D eigenvalue weighted by atomic mass is 79.9. The van der Waals surface area contributed by atoms with E-state index < -0.39 is 0 Å². The number of halogens is 1. The molecule has 1 amide bonds. The van der Waals surface area contributed by atoms with Gasteiger partial charge in [-0.2, -0.15) is 0 Å². The fourth-order valence-corrected chi connectivity index (χ4v) is 1.78. The predicted octanol–water partition coefficient (Wildman–Crippen LogP) is 2.44. The number of rotatable bonds is 9. The van der Waals surface area contributed by atoms with Crippen LogP contribution >= 0.6 is 15.9 Å². The summed E-state index contributed by atoms with van der Waals surface area (Å²) in [5.74, 6) is 0.250. The molecule has 0 fully saturated rings. The topological polar surface area (TPSA) is 29.5 Å². The van der Waals surface area contributed by atoms with Gasteiger partial charge in [0.2, 0.25) is 5.91 Å². The first-order valence-electron chi connectivity index (χ1n) is 5.59. The second-order valence-corrected chi connectivity index (χ2v) is 4.31. The van der Waals surface area contributed by atoms with Gasteiger partial charge in [0.05, 0.1) is 6.61 Å². The molecule has 0 saturated heterocycles. The fraction of sp³-hybridized carbons (Fsp3) is 0.909. The Bertz CT molecular complexity index is 165. The SMILES string of the molecule is CCCCCC(=O)N(CCBr)CCOC. The van der Waals surface area contributed by atoms with E-state index in [4.69, 9.17) is 4.74 Å². The first-order valence-corrected chi connectivity index (χ1v) is 6.71. The van der Waals surface area contributed by atoms with Crippen LogP contribution in [0.25, 0.3) is 0 Å². The Morgan fingerprint density at radius 3 is 2.60 bits per heavy atom. The van der Waals surface area contributed by atoms with Gasteiger partial charge in [0, 0.05) is 32.0 Å². The van der Waals surface area contributed by atoms with Crippen LogP contribution < -0.4 is 0 Å². The highest BCUT2D eigenvalue weighted by molar-refractivity contribution is 9.09. The van der Waals surface area contributed by atoms with E-state index in [1.54, 1.807) is 7.11 Å². The number of unbranched alkanes of at least 4 members (excludes halogenated alkanes) is 2. The first kappa shape index (κ1) is 14.9. The van der Waals surface area contributed by atoms with Crippen LogP contribution in [0.15, 0.2) is 0 Å². The van der Waals surface area contributed by atoms with Gasteiger partial charge in [0.25, 0.3) is 0 Å². The molecule has 0 radical (unpaired) electrons. The van der Waals surface area contributed by atoms with E-state index in [1.165, 1.54) is 0 Å². The standard InChI is InChI=1S/C11H22BrNO2/c1-3-4-5-6-11(14)13(8-7-12)9-10-15-2/h3-10H2,1-2H3. The van der Waals surface area contributed by atoms with E-state index in [2.05, 4.69) is 22.9 Å². The lowest BCUT2D eigenvalue weighted by molar-refractivity contribution is -0.131. The van der Waals surface area contributed by atoms with Crippen molar-refractivity contribution in [2.45, 2.75) is 32.6 Å². The van der Waals surface area contributed by atoms with Crippen molar-refractivity contribution in [1.29, 1.82) is 0 Å². The number of carbonyl (C=O) groups is 1. The van der Waals surface area contributed by atoms with Gasteiger partial charge in [-0.3, -0.25) is 4.79 Å². The van der Waals surface area contributed by atoms with Crippen molar-refractivity contribution in [3.05, 3.63) is 0 Å². The highest BCUT2D eigenvalue weighted by Gasteiger charge is 2.11. The maximum Gasteiger partial charge on any atom is 0.222 e. The van der Waals surface area contributed by atoms with Crippen LogP contribution in [0.4, 0.5) is 0 Å². The molecule has 0 saturated carbocycles. The maximum absolute atomic E-state index is 11.8. The molecule has 90 valence electrons. The van der Waals surface area contributed by atoms with Gasteiger partial charge >= 0.3 is 0 Å². The fourth-order valence-electron chi connectivity index (χ4n) is 1.35. The minimum Gasteiger partial charge on any atom is -0.383 e. The molecule has 0 N–H and O–H groups in total. The molecule has 0 heterocycles. The minimum absolute atomic E-state index is 0.250. The molecule has 0 unspecified atom stereocenters. The molecule has 0 aromatic carbocycles. The molecule has 0 spiro atoms. The van der Waals surface area contributed by atoms with Gasteiger partial charge in [-0.25, -0.2) is 0 Å². The van der Waals surface area contributed by atoms with Crippen LogP contribution in [0.2, 0.25) is 0 Å². The third-order valence-electron chi connectivity index (χ3n) is 2.27. The van der Waals surface area contributed by atoms with E-state index in [1.807, 2.05) is 4.90 Å². The van der Waals surface area contributed by atoms with Crippen molar-refractivity contribution >= 4 is 21.8 Å². The van der Waals surface area contributed by atoms with Gasteiger partial charge in [-0.15, -0.1) is 0 Å². The van der Waals surface area contributed by atoms with Gasteiger partial charge in [-0.05, 0) is 6.42 Å². The smallest absolute Gasteiger partial charge is 0.222 e. The molecule has 0 aliphatic heterocycles. The summed E-state index contributed by atoms with van der Waals surface area (Å²) in [6.07, 6.45) is 3.97. The number of hydrogen-bond acceptors (Lipinski definition) is 2. The number of nitrogens with zero attached hydrogens (tertiary/aromatic N) is 1. The molecular formula is C11H22BrNO2. The van der Waals surface area contributed by atoms with E-state index >= 15 is 0 Å². The van der Waals surface area contributed by atoms with E-state index in [9.17, 15) is 4.79 Å². The van der Waals surface area contributed by atoms with Gasteiger partial charge in [0.15, 0.2) is 0 Å². The molecule has 15 heavy (non-hydrogen) atoms. The molecule has 4 heteroatoms. The van der Waals surface area contributed by atoms with Crippen LogP contribution in [0.3, 0.4) is 0 Å². The third kappa shape index (κ3) is 7.79. The third-order valence-corrected chi connectivity index (χ3v) is 2.62. The summed E-state index contributed by atoms with van der Waals surface area (Å²) in [6.45, 7) is 4.24. The number of hydrogen-bond donors (Lipinski definition) is 0. The molecule has 0 bridgehead atoms. The summed E-state index contributed by atoms with van der Waals surface area (Å²) in [5, 5.41) is 0.830. The molecular weight excluding hydrogens is 258 g/mol. The van der Waals surface area contributed by atoms with Crippen LogP contribution in [-0.4, -0.2) is 42.9 Å². The first-order chi connectivity index (χ1) is 7.26. The Hall–Kier alpha value is -0.0900. The minimum atomic E-state index is 0.250. The quantitative estimate of drug-likeness (QED) is 0.479. The number of alkyl halides is 1. The molecule has 0 aliphatic carbocycles. The van der Waals surface area contributed by atoms with Crippen molar-refractivity contribution in [2.75, 3.05) is 32.1 Å². The Balaban J connectivity index is 3.81. The lowest BCUT2D eigenvalue weighted by Gasteiger charge is -2.21. The Morgan fingerprint density at radius 2 is 2.07 bits per heavy atom. The van der Waals surface area contributed by atoms with Crippen molar-refractivity contribution in [1.82, 2.24) is 4.90 Å². The number of amides is 1. The second kappa shape index (κ2) is 10.4. The van der Waals surface area contributed by atoms with Crippen LogP contribution in [0, 0.1) is 0 Å². The van der Waals surface area contributed by atoms with E-state index in [0.29, 0.717) is 19.6 Å². The average Bonchev–Trinajstić information content (AvgIpc) is 2.24. The molecule has 0 aromatic heterocycles. The molecule has 0 aliphatic rings. The normalized spacial score (nSPS) is 10.3. The Kier molecular flexibility index (Phi) is 10.4. The van der Waals surface area contributed by atoms with E-state index in [-0.39, 0.29) is 5.91 Å². The zero-order chi connectivity index (χ0) is 11.5. The van der Waals surface area contributed by atoms with Crippen molar-refractivity contribution in [2.24, 2.45) is 0 Å². The van der Waals surface area contributed by atoms with E-state index in [0.717, 1.165) is 31.1 Å². The monoisotopic (exact) mass is 279 g/mol. The molecule has 0 atom stereocenters. The van der Waals surface area contributed by atoms with Crippen molar-refractivity contribution in [3.63, 3.8) is 0 Å². The van der Waals surface area contributed by atoms with Gasteiger partial charge < -0.3 is 9.64 Å². The lowest BCUT2D eigenvalue weighted by Crippen LogP contribution is -2.35. The summed E-state index contributed by atoms with van der Waals surface area (Å²) in [6, 6.07) is 0. The van der Waals surface area contributed by atoms with Crippen molar-refractivity contribution in [3.8, 4) is 0 Å². The number of ether oxygens (including phenoxy) is 1. The molecule has 3 nitrogen and oxygen atoms in total. The summed E-state index contributed by atoms with van der Waals surface area (Å²) >= 11 is 3.36. The summed E-state index contributed by atoms with van der Waals surface area (Å²) < 4.78 is 4.99. The maximum atomic E-state index is 11.8. The molecule has 0 aromatic rings. The second-order valence-electron chi connectivity index (χ2n) is 3.52. The zero-order valence-electron chi connectivity index (χ0n) is 9.80. The molecule has 0 rings (SSSR count). The largest absolute Gasteiger partial charge is 0.383 e. The van der Waals surface area contributed by atoms with Crippen LogP contribution in [-0.2, 0) is 9.53 Å². The Morgan fingerprint density at radius 1 is 1.33 bits per heavy atom. The predicted molar refractivity (Wildman–Crippen MR) is 66.4 cm³/mol.